The van der Waals surface area contributed by atoms with Crippen molar-refractivity contribution in [2.75, 3.05) is 18.0 Å². The van der Waals surface area contributed by atoms with Crippen LogP contribution in [0.25, 0.3) is 44.7 Å². The van der Waals surface area contributed by atoms with Crippen LogP contribution in [0.3, 0.4) is 0 Å². The van der Waals surface area contributed by atoms with Crippen LogP contribution < -0.4 is 9.64 Å². The van der Waals surface area contributed by atoms with E-state index in [2.05, 4.69) is 35.0 Å². The number of H-pyrrole nitrogens is 2. The van der Waals surface area contributed by atoms with Crippen molar-refractivity contribution in [3.8, 4) is 28.5 Å². The maximum atomic E-state index is 6.24. The molecule has 1 aliphatic carbocycles. The van der Waals surface area contributed by atoms with Crippen LogP contribution in [0, 0.1) is 0 Å². The van der Waals surface area contributed by atoms with Crippen molar-refractivity contribution in [1.82, 2.24) is 35.1 Å². The molecule has 9 nitrogen and oxygen atoms in total. The number of pyridine rings is 3. The fourth-order valence-electron chi connectivity index (χ4n) is 5.65. The molecule has 188 valence electrons. The predicted molar refractivity (Wildman–Crippen MR) is 144 cm³/mol. The van der Waals surface area contributed by atoms with Gasteiger partial charge in [0, 0.05) is 30.2 Å². The zero-order chi connectivity index (χ0) is 24.6. The van der Waals surface area contributed by atoms with Gasteiger partial charge in [-0.1, -0.05) is 6.42 Å². The second-order valence-corrected chi connectivity index (χ2v) is 10.2. The van der Waals surface area contributed by atoms with Gasteiger partial charge in [0.05, 0.1) is 53.3 Å². The standard InChI is InChI=1S/C28H30N8O/c1-3-7-19(8-4-1)37-20-11-18(13-29-14-20)22-12-21-23(16-31-22)34-35-26(21)28-32-24-15-30-17-25(27(24)33-28)36-9-5-2-6-10-36/h11-17,19H,1-10H2,(H,32,33)(H,34,35). The summed E-state index contributed by atoms with van der Waals surface area (Å²) in [4.78, 5) is 24.4. The summed E-state index contributed by atoms with van der Waals surface area (Å²) in [7, 11) is 0. The molecule has 0 aromatic carbocycles. The first-order valence-corrected chi connectivity index (χ1v) is 13.4. The normalized spacial score (nSPS) is 17.0. The first-order chi connectivity index (χ1) is 18.3. The molecule has 5 aromatic heterocycles. The van der Waals surface area contributed by atoms with Gasteiger partial charge in [-0.25, -0.2) is 4.98 Å². The number of hydrogen-bond donors (Lipinski definition) is 2. The van der Waals surface area contributed by atoms with E-state index < -0.39 is 0 Å². The molecule has 0 unspecified atom stereocenters. The molecule has 0 atom stereocenters. The van der Waals surface area contributed by atoms with E-state index in [4.69, 9.17) is 9.72 Å². The Balaban J connectivity index is 1.23. The number of piperidine rings is 1. The summed E-state index contributed by atoms with van der Waals surface area (Å²) in [6, 6.07) is 4.08. The summed E-state index contributed by atoms with van der Waals surface area (Å²) in [5.74, 6) is 1.52. The average molecular weight is 495 g/mol. The summed E-state index contributed by atoms with van der Waals surface area (Å²) >= 11 is 0. The second-order valence-electron chi connectivity index (χ2n) is 10.2. The summed E-state index contributed by atoms with van der Waals surface area (Å²) < 4.78 is 6.24. The zero-order valence-corrected chi connectivity index (χ0v) is 20.8. The van der Waals surface area contributed by atoms with Gasteiger partial charge < -0.3 is 14.6 Å². The largest absolute Gasteiger partial charge is 0.489 e. The van der Waals surface area contributed by atoms with Gasteiger partial charge in [-0.2, -0.15) is 5.10 Å². The fraction of sp³-hybridized carbons (Fsp3) is 0.393. The van der Waals surface area contributed by atoms with Gasteiger partial charge in [0.1, 0.15) is 17.0 Å². The molecule has 2 fully saturated rings. The Morgan fingerprint density at radius 2 is 1.68 bits per heavy atom. The van der Waals surface area contributed by atoms with Crippen molar-refractivity contribution >= 4 is 27.6 Å². The van der Waals surface area contributed by atoms with Crippen LogP contribution in [-0.4, -0.2) is 54.3 Å². The number of rotatable bonds is 5. The lowest BCUT2D eigenvalue weighted by Gasteiger charge is -2.28. The monoisotopic (exact) mass is 494 g/mol. The van der Waals surface area contributed by atoms with E-state index in [9.17, 15) is 0 Å². The molecule has 2 aliphatic rings. The fourth-order valence-corrected chi connectivity index (χ4v) is 5.65. The third-order valence-electron chi connectivity index (χ3n) is 7.61. The molecule has 9 heteroatoms. The lowest BCUT2D eigenvalue weighted by molar-refractivity contribution is 0.154. The molecule has 7 rings (SSSR count). The van der Waals surface area contributed by atoms with E-state index in [1.807, 2.05) is 36.9 Å². The third-order valence-corrected chi connectivity index (χ3v) is 7.61. The molecule has 5 aromatic rings. The van der Waals surface area contributed by atoms with Gasteiger partial charge in [-0.3, -0.25) is 20.1 Å². The number of nitrogens with zero attached hydrogens (tertiary/aromatic N) is 6. The number of aromatic nitrogens is 7. The van der Waals surface area contributed by atoms with E-state index >= 15 is 0 Å². The summed E-state index contributed by atoms with van der Waals surface area (Å²) in [6.07, 6.45) is 19.2. The van der Waals surface area contributed by atoms with Crippen molar-refractivity contribution < 1.29 is 4.74 Å². The highest BCUT2D eigenvalue weighted by Gasteiger charge is 2.20. The Kier molecular flexibility index (Phi) is 5.68. The van der Waals surface area contributed by atoms with Crippen LogP contribution in [-0.2, 0) is 0 Å². The Hall–Kier alpha value is -4.01. The summed E-state index contributed by atoms with van der Waals surface area (Å²) in [6.45, 7) is 2.09. The molecule has 37 heavy (non-hydrogen) atoms. The van der Waals surface area contributed by atoms with Crippen molar-refractivity contribution in [1.29, 1.82) is 0 Å². The maximum absolute atomic E-state index is 6.24. The molecule has 0 bridgehead atoms. The highest BCUT2D eigenvalue weighted by atomic mass is 16.5. The SMILES string of the molecule is c1ncc(-c2cc3c(-c4nc5c(N6CCCCC6)cncc5[nH]4)n[nH]c3cn2)cc1OC1CCCCC1. The third kappa shape index (κ3) is 4.28. The Morgan fingerprint density at radius 1 is 0.838 bits per heavy atom. The van der Waals surface area contributed by atoms with E-state index in [0.717, 1.165) is 82.1 Å². The van der Waals surface area contributed by atoms with Gasteiger partial charge in [0.25, 0.3) is 0 Å². The topological polar surface area (TPSA) is 108 Å². The lowest BCUT2D eigenvalue weighted by atomic mass is 9.98. The van der Waals surface area contributed by atoms with Crippen molar-refractivity contribution in [3.63, 3.8) is 0 Å². The maximum Gasteiger partial charge on any atom is 0.159 e. The summed E-state index contributed by atoms with van der Waals surface area (Å²) in [5.41, 5.74) is 6.31. The van der Waals surface area contributed by atoms with Crippen LogP contribution in [0.2, 0.25) is 0 Å². The number of aromatic amines is 2. The van der Waals surface area contributed by atoms with Crippen LogP contribution in [0.5, 0.6) is 5.75 Å². The van der Waals surface area contributed by atoms with Gasteiger partial charge in [-0.05, 0) is 57.1 Å². The Bertz CT molecular complexity index is 1540. The minimum Gasteiger partial charge on any atom is -0.489 e. The molecule has 0 amide bonds. The number of fused-ring (bicyclic) bond motifs is 2. The molecule has 0 radical (unpaired) electrons. The Labute approximate surface area is 214 Å². The smallest absolute Gasteiger partial charge is 0.159 e. The van der Waals surface area contributed by atoms with Crippen LogP contribution >= 0.6 is 0 Å². The quantitative estimate of drug-likeness (QED) is 0.324. The molecule has 0 spiro atoms. The van der Waals surface area contributed by atoms with E-state index in [-0.39, 0.29) is 6.10 Å². The lowest BCUT2D eigenvalue weighted by Crippen LogP contribution is -2.29. The van der Waals surface area contributed by atoms with E-state index in [0.29, 0.717) is 0 Å². The Morgan fingerprint density at radius 3 is 2.57 bits per heavy atom. The molecular formula is C28H30N8O. The number of ether oxygens (including phenoxy) is 1. The minimum absolute atomic E-state index is 0.277. The first-order valence-electron chi connectivity index (χ1n) is 13.4. The predicted octanol–water partition coefficient (Wildman–Crippen LogP) is 5.66. The van der Waals surface area contributed by atoms with E-state index in [1.54, 1.807) is 6.20 Å². The molecule has 1 saturated carbocycles. The average Bonchev–Trinajstić information content (AvgIpc) is 3.58. The van der Waals surface area contributed by atoms with Gasteiger partial charge in [0.2, 0.25) is 0 Å². The van der Waals surface area contributed by atoms with Gasteiger partial charge in [-0.15, -0.1) is 0 Å². The zero-order valence-electron chi connectivity index (χ0n) is 20.8. The van der Waals surface area contributed by atoms with Crippen molar-refractivity contribution in [2.45, 2.75) is 57.5 Å². The number of hydrogen-bond acceptors (Lipinski definition) is 7. The van der Waals surface area contributed by atoms with Crippen LogP contribution in [0.1, 0.15) is 51.4 Å². The van der Waals surface area contributed by atoms with Crippen molar-refractivity contribution in [2.24, 2.45) is 0 Å². The number of nitrogens with one attached hydrogen (secondary N) is 2. The molecule has 2 N–H and O–H groups in total. The molecular weight excluding hydrogens is 464 g/mol. The number of imidazole rings is 1. The number of anilines is 1. The minimum atomic E-state index is 0.277. The van der Waals surface area contributed by atoms with Gasteiger partial charge in [0.15, 0.2) is 5.82 Å². The van der Waals surface area contributed by atoms with Crippen LogP contribution in [0.15, 0.2) is 43.1 Å². The highest BCUT2D eigenvalue weighted by Crippen LogP contribution is 2.33. The van der Waals surface area contributed by atoms with Gasteiger partial charge >= 0.3 is 0 Å². The first kappa shape index (κ1) is 22.2. The second kappa shape index (κ2) is 9.46. The molecule has 1 saturated heterocycles. The highest BCUT2D eigenvalue weighted by molar-refractivity contribution is 5.96. The van der Waals surface area contributed by atoms with E-state index in [1.165, 1.54) is 38.5 Å². The van der Waals surface area contributed by atoms with Crippen molar-refractivity contribution in [3.05, 3.63) is 43.1 Å². The molecule has 6 heterocycles. The summed E-state index contributed by atoms with van der Waals surface area (Å²) in [5, 5.41) is 8.67. The molecule has 1 aliphatic heterocycles. The van der Waals surface area contributed by atoms with Crippen LogP contribution in [0.4, 0.5) is 5.69 Å².